The number of hydrogen-bond donors (Lipinski definition) is 1. The standard InChI is InChI=1S/C21H48N2O7Si2/c1-9-17-19(31(25-11-3,26-12-4)27-13-5)23(21(22)24)20(18-10-2)32(28-14-6,29-15-7)30-16-8/h19-20H,9-18H2,1-8H3,(H2,22,24). The fourth-order valence-electron chi connectivity index (χ4n) is 4.08. The topological polar surface area (TPSA) is 102 Å². The molecule has 2 atom stereocenters. The normalized spacial score (nSPS) is 14.4. The summed E-state index contributed by atoms with van der Waals surface area (Å²) >= 11 is 0. The van der Waals surface area contributed by atoms with Gasteiger partial charge < -0.3 is 37.2 Å². The van der Waals surface area contributed by atoms with Crippen LogP contribution in [0.15, 0.2) is 0 Å². The highest BCUT2D eigenvalue weighted by Gasteiger charge is 2.60. The number of carbonyl (C=O) groups excluding carboxylic acids is 1. The molecule has 192 valence electrons. The summed E-state index contributed by atoms with van der Waals surface area (Å²) in [6.45, 7) is 18.0. The van der Waals surface area contributed by atoms with Gasteiger partial charge in [-0.05, 0) is 54.4 Å². The van der Waals surface area contributed by atoms with Crippen molar-refractivity contribution >= 4 is 23.6 Å². The molecule has 2 amide bonds. The molecule has 0 aliphatic carbocycles. The molecule has 2 unspecified atom stereocenters. The molecule has 0 aromatic carbocycles. The first kappa shape index (κ1) is 31.5. The van der Waals surface area contributed by atoms with Gasteiger partial charge in [-0.2, -0.15) is 0 Å². The zero-order valence-electron chi connectivity index (χ0n) is 21.6. The molecule has 0 saturated carbocycles. The van der Waals surface area contributed by atoms with Crippen molar-refractivity contribution in [3.63, 3.8) is 0 Å². The van der Waals surface area contributed by atoms with Gasteiger partial charge in [0.05, 0.1) is 0 Å². The molecule has 0 aliphatic heterocycles. The average Bonchev–Trinajstić information content (AvgIpc) is 2.73. The van der Waals surface area contributed by atoms with Gasteiger partial charge in [-0.15, -0.1) is 0 Å². The van der Waals surface area contributed by atoms with Crippen LogP contribution >= 0.6 is 0 Å². The van der Waals surface area contributed by atoms with Gasteiger partial charge in [-0.25, -0.2) is 4.79 Å². The molecule has 0 saturated heterocycles. The van der Waals surface area contributed by atoms with Crippen LogP contribution in [0.4, 0.5) is 4.79 Å². The van der Waals surface area contributed by atoms with Crippen LogP contribution in [0, 0.1) is 0 Å². The van der Waals surface area contributed by atoms with Crippen LogP contribution in [-0.4, -0.2) is 79.5 Å². The summed E-state index contributed by atoms with van der Waals surface area (Å²) in [7, 11) is -6.66. The predicted molar refractivity (Wildman–Crippen MR) is 130 cm³/mol. The van der Waals surface area contributed by atoms with Gasteiger partial charge >= 0.3 is 23.6 Å². The quantitative estimate of drug-likeness (QED) is 0.255. The lowest BCUT2D eigenvalue weighted by Crippen LogP contribution is -2.72. The predicted octanol–water partition coefficient (Wildman–Crippen LogP) is 3.88. The van der Waals surface area contributed by atoms with Crippen molar-refractivity contribution in [3.05, 3.63) is 0 Å². The Morgan fingerprint density at radius 3 is 1.03 bits per heavy atom. The molecule has 0 rings (SSSR count). The number of hydrogen-bond acceptors (Lipinski definition) is 7. The number of nitrogens with zero attached hydrogens (tertiary/aromatic N) is 1. The largest absolute Gasteiger partial charge is 0.524 e. The maximum atomic E-state index is 13.1. The molecule has 0 bridgehead atoms. The van der Waals surface area contributed by atoms with Crippen LogP contribution in [0.5, 0.6) is 0 Å². The Bertz CT molecular complexity index is 433. The zero-order valence-corrected chi connectivity index (χ0v) is 23.6. The lowest BCUT2D eigenvalue weighted by Gasteiger charge is -2.47. The summed E-state index contributed by atoms with van der Waals surface area (Å²) in [6, 6.07) is -0.575. The fraction of sp³-hybridized carbons (Fsp3) is 0.952. The summed E-state index contributed by atoms with van der Waals surface area (Å²) in [6.07, 6.45) is 2.82. The zero-order chi connectivity index (χ0) is 24.6. The molecule has 0 aromatic rings. The number of carbonyl (C=O) groups is 1. The van der Waals surface area contributed by atoms with Crippen molar-refractivity contribution < 1.29 is 31.4 Å². The van der Waals surface area contributed by atoms with Crippen LogP contribution in [0.2, 0.25) is 0 Å². The first-order valence-corrected chi connectivity index (χ1v) is 15.8. The Hall–Kier alpha value is -0.536. The molecular weight excluding hydrogens is 448 g/mol. The van der Waals surface area contributed by atoms with Crippen LogP contribution in [-0.2, 0) is 26.6 Å². The molecule has 11 heteroatoms. The number of rotatable bonds is 20. The molecule has 2 N–H and O–H groups in total. The molecule has 9 nitrogen and oxygen atoms in total. The maximum Gasteiger partial charge on any atom is 0.524 e. The monoisotopic (exact) mass is 496 g/mol. The van der Waals surface area contributed by atoms with E-state index in [4.69, 9.17) is 32.3 Å². The molecule has 0 fully saturated rings. The van der Waals surface area contributed by atoms with Crippen molar-refractivity contribution in [1.29, 1.82) is 0 Å². The number of nitrogens with two attached hydrogens (primary N) is 1. The summed E-state index contributed by atoms with van der Waals surface area (Å²) < 4.78 is 37.3. The van der Waals surface area contributed by atoms with Crippen molar-refractivity contribution in [1.82, 2.24) is 4.90 Å². The van der Waals surface area contributed by atoms with E-state index in [-0.39, 0.29) is 0 Å². The SMILES string of the molecule is CCCC(N(C(N)=O)C(CCC)[Si](OCC)(OCC)OCC)[Si](OCC)(OCC)OCC. The first-order valence-electron chi connectivity index (χ1n) is 12.2. The van der Waals surface area contributed by atoms with Crippen LogP contribution in [0.25, 0.3) is 0 Å². The maximum absolute atomic E-state index is 13.1. The minimum atomic E-state index is -3.33. The molecule has 0 spiro atoms. The van der Waals surface area contributed by atoms with E-state index in [1.54, 1.807) is 4.90 Å². The van der Waals surface area contributed by atoms with E-state index in [0.29, 0.717) is 52.5 Å². The van der Waals surface area contributed by atoms with Crippen LogP contribution < -0.4 is 5.73 Å². The fourth-order valence-corrected chi connectivity index (χ4v) is 10.9. The third-order valence-corrected chi connectivity index (χ3v) is 11.9. The summed E-state index contributed by atoms with van der Waals surface area (Å²) in [5.41, 5.74) is 5.11. The van der Waals surface area contributed by atoms with Crippen molar-refractivity contribution in [2.75, 3.05) is 39.6 Å². The van der Waals surface area contributed by atoms with E-state index in [9.17, 15) is 4.79 Å². The Labute approximate surface area is 197 Å². The molecule has 0 aromatic heterocycles. The smallest absolute Gasteiger partial charge is 0.373 e. The average molecular weight is 497 g/mol. The van der Waals surface area contributed by atoms with Gasteiger partial charge in [0.25, 0.3) is 0 Å². The minimum absolute atomic E-state index is 0.405. The van der Waals surface area contributed by atoms with E-state index < -0.39 is 35.0 Å². The Morgan fingerprint density at radius 1 is 0.625 bits per heavy atom. The van der Waals surface area contributed by atoms with Crippen LogP contribution in [0.1, 0.15) is 81.1 Å². The number of primary amides is 1. The van der Waals surface area contributed by atoms with E-state index in [2.05, 4.69) is 13.8 Å². The highest BCUT2D eigenvalue weighted by atomic mass is 28.4. The second-order valence-electron chi connectivity index (χ2n) is 7.16. The van der Waals surface area contributed by atoms with E-state index >= 15 is 0 Å². The summed E-state index contributed by atoms with van der Waals surface area (Å²) in [5.74, 6) is 0. The van der Waals surface area contributed by atoms with Crippen molar-refractivity contribution in [2.45, 2.75) is 92.4 Å². The Kier molecular flexibility index (Phi) is 16.7. The summed E-state index contributed by atoms with van der Waals surface area (Å²) in [4.78, 5) is 14.8. The minimum Gasteiger partial charge on any atom is -0.373 e. The third-order valence-electron chi connectivity index (χ3n) is 4.94. The highest BCUT2D eigenvalue weighted by Crippen LogP contribution is 2.32. The van der Waals surface area contributed by atoms with Crippen molar-refractivity contribution in [2.24, 2.45) is 5.73 Å². The van der Waals surface area contributed by atoms with Gasteiger partial charge in [0.1, 0.15) is 11.3 Å². The number of urea groups is 1. The van der Waals surface area contributed by atoms with Gasteiger partial charge in [0.15, 0.2) is 0 Å². The molecule has 0 aliphatic rings. The lowest BCUT2D eigenvalue weighted by atomic mass is 10.2. The van der Waals surface area contributed by atoms with Gasteiger partial charge in [0, 0.05) is 39.6 Å². The molecule has 0 heterocycles. The van der Waals surface area contributed by atoms with E-state index in [1.807, 2.05) is 41.5 Å². The molecular formula is C21H48N2O7Si2. The van der Waals surface area contributed by atoms with E-state index in [1.165, 1.54) is 0 Å². The number of amides is 2. The third kappa shape index (κ3) is 8.35. The Morgan fingerprint density at radius 2 is 0.875 bits per heavy atom. The second-order valence-corrected chi connectivity index (χ2v) is 12.6. The van der Waals surface area contributed by atoms with E-state index in [0.717, 1.165) is 12.8 Å². The van der Waals surface area contributed by atoms with Gasteiger partial charge in [-0.3, -0.25) is 0 Å². The molecule has 32 heavy (non-hydrogen) atoms. The lowest BCUT2D eigenvalue weighted by molar-refractivity contribution is 0.0127. The van der Waals surface area contributed by atoms with Gasteiger partial charge in [0.2, 0.25) is 0 Å². The van der Waals surface area contributed by atoms with Crippen molar-refractivity contribution in [3.8, 4) is 0 Å². The highest BCUT2D eigenvalue weighted by molar-refractivity contribution is 6.65. The summed E-state index contributed by atoms with van der Waals surface area (Å²) in [5, 5.41) is 0. The molecule has 0 radical (unpaired) electrons. The first-order chi connectivity index (χ1) is 15.3. The van der Waals surface area contributed by atoms with Crippen LogP contribution in [0.3, 0.4) is 0 Å². The van der Waals surface area contributed by atoms with Gasteiger partial charge in [-0.1, -0.05) is 26.7 Å². The second kappa shape index (κ2) is 17.0. The Balaban J connectivity index is 6.86.